The predicted octanol–water partition coefficient (Wildman–Crippen LogP) is 3.35. The van der Waals surface area contributed by atoms with Gasteiger partial charge in [0.15, 0.2) is 0 Å². The Morgan fingerprint density at radius 3 is 1.37 bits per heavy atom. The molecule has 0 aromatic carbocycles. The number of carbonyl (C=O) groups is 3. The van der Waals surface area contributed by atoms with Crippen molar-refractivity contribution in [1.29, 1.82) is 0 Å². The largest absolute Gasteiger partial charge is 0.355 e. The van der Waals surface area contributed by atoms with Gasteiger partial charge in [-0.2, -0.15) is 0 Å². The summed E-state index contributed by atoms with van der Waals surface area (Å²) in [4.78, 5) is 36.2. The number of hydrogen-bond acceptors (Lipinski definition) is 3. The van der Waals surface area contributed by atoms with Crippen LogP contribution in [0.15, 0.2) is 0 Å². The molecule has 0 spiro atoms. The second kappa shape index (κ2) is 19.2. The molecule has 0 radical (unpaired) electrons. The van der Waals surface area contributed by atoms with E-state index in [0.717, 1.165) is 64.5 Å². The van der Waals surface area contributed by atoms with Crippen molar-refractivity contribution in [3.63, 3.8) is 0 Å². The Labute approximate surface area is 188 Å². The van der Waals surface area contributed by atoms with E-state index in [-0.39, 0.29) is 17.7 Å². The highest BCUT2D eigenvalue weighted by molar-refractivity contribution is 9.09. The molecular weight excluding hydrogens is 546 g/mol. The zero-order valence-electron chi connectivity index (χ0n) is 15.9. The molecule has 27 heavy (non-hydrogen) atoms. The predicted molar refractivity (Wildman–Crippen MR) is 121 cm³/mol. The molecule has 0 heterocycles. The van der Waals surface area contributed by atoms with Crippen molar-refractivity contribution >= 4 is 65.5 Å². The van der Waals surface area contributed by atoms with Crippen LogP contribution >= 0.6 is 47.8 Å². The third-order valence-electron chi connectivity index (χ3n) is 4.06. The van der Waals surface area contributed by atoms with E-state index >= 15 is 0 Å². The van der Waals surface area contributed by atoms with E-state index in [2.05, 4.69) is 58.4 Å². The SMILES string of the molecule is O=C(CBr)NCCCCCCN(CCCCCCNC(=O)CBr)C(=O)CBr. The molecule has 6 nitrogen and oxygen atoms in total. The van der Waals surface area contributed by atoms with Crippen LogP contribution in [0.5, 0.6) is 0 Å². The van der Waals surface area contributed by atoms with Crippen molar-refractivity contribution in [3.8, 4) is 0 Å². The summed E-state index contributed by atoms with van der Waals surface area (Å²) in [6.45, 7) is 3.01. The normalized spacial score (nSPS) is 10.5. The van der Waals surface area contributed by atoms with Gasteiger partial charge in [0.05, 0.1) is 16.0 Å². The summed E-state index contributed by atoms with van der Waals surface area (Å²) < 4.78 is 0. The molecule has 9 heteroatoms. The van der Waals surface area contributed by atoms with E-state index in [1.165, 1.54) is 0 Å². The Hall–Kier alpha value is -0.150. The highest BCUT2D eigenvalue weighted by Crippen LogP contribution is 2.07. The van der Waals surface area contributed by atoms with Gasteiger partial charge in [-0.15, -0.1) is 0 Å². The molecule has 0 aliphatic rings. The Morgan fingerprint density at radius 2 is 1.00 bits per heavy atom. The first-order valence-electron chi connectivity index (χ1n) is 9.54. The molecule has 0 saturated heterocycles. The van der Waals surface area contributed by atoms with Crippen LogP contribution in [0.1, 0.15) is 51.4 Å². The third-order valence-corrected chi connectivity index (χ3v) is 5.56. The van der Waals surface area contributed by atoms with Crippen molar-refractivity contribution in [2.45, 2.75) is 51.4 Å². The highest BCUT2D eigenvalue weighted by Gasteiger charge is 2.11. The van der Waals surface area contributed by atoms with Gasteiger partial charge in [-0.05, 0) is 25.7 Å². The standard InChI is InChI=1S/C18H32Br3N3O3/c19-13-16(25)22-9-5-1-3-7-11-24(18(27)15-21)12-8-4-2-6-10-23-17(26)14-20/h1-15H2,(H,22,25)(H,23,26). The number of halogens is 3. The van der Waals surface area contributed by atoms with Crippen LogP contribution in [0.3, 0.4) is 0 Å². The van der Waals surface area contributed by atoms with Crippen LogP contribution in [-0.2, 0) is 14.4 Å². The quantitative estimate of drug-likeness (QED) is 0.206. The molecule has 3 amide bonds. The van der Waals surface area contributed by atoms with Crippen LogP contribution in [0.25, 0.3) is 0 Å². The zero-order valence-corrected chi connectivity index (χ0v) is 20.7. The lowest BCUT2D eigenvalue weighted by Crippen LogP contribution is -2.33. The van der Waals surface area contributed by atoms with E-state index in [0.29, 0.717) is 29.1 Å². The summed E-state index contributed by atoms with van der Waals surface area (Å²) in [6, 6.07) is 0. The van der Waals surface area contributed by atoms with E-state index in [1.807, 2.05) is 4.90 Å². The topological polar surface area (TPSA) is 78.5 Å². The lowest BCUT2D eigenvalue weighted by Gasteiger charge is -2.22. The molecule has 158 valence electrons. The van der Waals surface area contributed by atoms with Gasteiger partial charge in [-0.3, -0.25) is 14.4 Å². The Kier molecular flexibility index (Phi) is 19.1. The van der Waals surface area contributed by atoms with Crippen LogP contribution in [0.4, 0.5) is 0 Å². The van der Waals surface area contributed by atoms with E-state index < -0.39 is 0 Å². The Balaban J connectivity index is 3.75. The van der Waals surface area contributed by atoms with Crippen LogP contribution in [-0.4, -0.2) is 64.8 Å². The number of nitrogens with one attached hydrogen (secondary N) is 2. The minimum absolute atomic E-state index is 0.0228. The maximum atomic E-state index is 12.0. The molecule has 2 N–H and O–H groups in total. The number of hydrogen-bond donors (Lipinski definition) is 2. The summed E-state index contributed by atoms with van der Waals surface area (Å²) in [5.74, 6) is 0.188. The molecule has 0 aliphatic carbocycles. The molecule has 0 rings (SSSR count). The van der Waals surface area contributed by atoms with Gasteiger partial charge in [-0.1, -0.05) is 73.5 Å². The highest BCUT2D eigenvalue weighted by atomic mass is 79.9. The first-order chi connectivity index (χ1) is 13.0. The summed E-state index contributed by atoms with van der Waals surface area (Å²) in [5.41, 5.74) is 0. The summed E-state index contributed by atoms with van der Waals surface area (Å²) in [6.07, 6.45) is 8.14. The average molecular weight is 578 g/mol. The maximum absolute atomic E-state index is 12.0. The van der Waals surface area contributed by atoms with Crippen molar-refractivity contribution in [1.82, 2.24) is 15.5 Å². The average Bonchev–Trinajstić information content (AvgIpc) is 2.69. The smallest absolute Gasteiger partial charge is 0.233 e. The second-order valence-electron chi connectivity index (χ2n) is 6.31. The minimum Gasteiger partial charge on any atom is -0.355 e. The lowest BCUT2D eigenvalue weighted by atomic mass is 10.1. The maximum Gasteiger partial charge on any atom is 0.233 e. The number of unbranched alkanes of at least 4 members (excludes halogenated alkanes) is 6. The summed E-state index contributed by atoms with van der Waals surface area (Å²) in [7, 11) is 0. The zero-order chi connectivity index (χ0) is 20.3. The molecular formula is C18H32Br3N3O3. The first-order valence-corrected chi connectivity index (χ1v) is 12.9. The lowest BCUT2D eigenvalue weighted by molar-refractivity contribution is -0.128. The van der Waals surface area contributed by atoms with Crippen molar-refractivity contribution < 1.29 is 14.4 Å². The molecule has 0 bridgehead atoms. The number of alkyl halides is 3. The number of rotatable bonds is 17. The number of nitrogens with zero attached hydrogens (tertiary/aromatic N) is 1. The van der Waals surface area contributed by atoms with Crippen molar-refractivity contribution in [2.24, 2.45) is 0 Å². The third kappa shape index (κ3) is 16.5. The Bertz CT molecular complexity index is 396. The molecule has 0 aliphatic heterocycles. The van der Waals surface area contributed by atoms with E-state index in [4.69, 9.17) is 0 Å². The van der Waals surface area contributed by atoms with Crippen LogP contribution in [0, 0.1) is 0 Å². The van der Waals surface area contributed by atoms with Gasteiger partial charge in [0.1, 0.15) is 0 Å². The monoisotopic (exact) mass is 575 g/mol. The fourth-order valence-corrected chi connectivity index (χ4v) is 3.31. The molecule has 0 aromatic rings. The van der Waals surface area contributed by atoms with Gasteiger partial charge in [0, 0.05) is 26.2 Å². The fourth-order valence-electron chi connectivity index (χ4n) is 2.56. The van der Waals surface area contributed by atoms with E-state index in [9.17, 15) is 14.4 Å². The second-order valence-corrected chi connectivity index (χ2v) is 7.99. The minimum atomic E-state index is 0.0228. The molecule has 0 atom stereocenters. The Morgan fingerprint density at radius 1 is 0.593 bits per heavy atom. The fraction of sp³-hybridized carbons (Fsp3) is 0.833. The number of amides is 3. The van der Waals surface area contributed by atoms with Crippen molar-refractivity contribution in [3.05, 3.63) is 0 Å². The van der Waals surface area contributed by atoms with Gasteiger partial charge in [-0.25, -0.2) is 0 Å². The first kappa shape index (κ1) is 26.9. The summed E-state index contributed by atoms with van der Waals surface area (Å²) in [5, 5.41) is 6.74. The van der Waals surface area contributed by atoms with Gasteiger partial charge in [0.25, 0.3) is 0 Å². The molecule has 0 unspecified atom stereocenters. The summed E-state index contributed by atoms with van der Waals surface area (Å²) >= 11 is 9.50. The van der Waals surface area contributed by atoms with Gasteiger partial charge in [0.2, 0.25) is 17.7 Å². The molecule has 0 aromatic heterocycles. The molecule has 0 saturated carbocycles. The van der Waals surface area contributed by atoms with Gasteiger partial charge >= 0.3 is 0 Å². The van der Waals surface area contributed by atoms with Crippen LogP contribution in [0.2, 0.25) is 0 Å². The van der Waals surface area contributed by atoms with Gasteiger partial charge < -0.3 is 15.5 Å². The van der Waals surface area contributed by atoms with Crippen molar-refractivity contribution in [2.75, 3.05) is 42.2 Å². The van der Waals surface area contributed by atoms with E-state index in [1.54, 1.807) is 0 Å². The number of carbonyl (C=O) groups excluding carboxylic acids is 3. The molecule has 0 fully saturated rings. The van der Waals surface area contributed by atoms with Crippen LogP contribution < -0.4 is 10.6 Å².